The van der Waals surface area contributed by atoms with Crippen LogP contribution in [0.2, 0.25) is 0 Å². The van der Waals surface area contributed by atoms with E-state index in [-0.39, 0.29) is 5.75 Å². The van der Waals surface area contributed by atoms with Crippen LogP contribution in [-0.2, 0) is 23.3 Å². The SMILES string of the molecule is CCCCc1ccc(C(=O)Oc2ccc3[nH]c([S+]([O-])Cc4ncc(C)c(OC)c4C)nc3c2)cc1. The maximum Gasteiger partial charge on any atom is 0.343 e. The highest BCUT2D eigenvalue weighted by Crippen LogP contribution is 2.27. The van der Waals surface area contributed by atoms with Crippen molar-refractivity contribution in [1.82, 2.24) is 15.0 Å². The van der Waals surface area contributed by atoms with Gasteiger partial charge in [-0.25, -0.2) is 4.79 Å². The van der Waals surface area contributed by atoms with Crippen LogP contribution in [0.1, 0.15) is 52.5 Å². The Morgan fingerprint density at radius 3 is 2.63 bits per heavy atom. The molecule has 2 aromatic heterocycles. The van der Waals surface area contributed by atoms with E-state index < -0.39 is 17.1 Å². The number of aryl methyl sites for hydroxylation is 2. The molecule has 35 heavy (non-hydrogen) atoms. The van der Waals surface area contributed by atoms with Crippen molar-refractivity contribution in [2.45, 2.75) is 50.9 Å². The number of ether oxygens (including phenoxy) is 2. The highest BCUT2D eigenvalue weighted by molar-refractivity contribution is 7.90. The number of H-pyrrole nitrogens is 1. The lowest BCUT2D eigenvalue weighted by Crippen LogP contribution is -2.10. The molecule has 7 nitrogen and oxygen atoms in total. The maximum absolute atomic E-state index is 13.0. The molecule has 2 aromatic carbocycles. The number of fused-ring (bicyclic) bond motifs is 1. The minimum atomic E-state index is -1.44. The summed E-state index contributed by atoms with van der Waals surface area (Å²) in [7, 11) is 1.61. The summed E-state index contributed by atoms with van der Waals surface area (Å²) in [6.45, 7) is 5.98. The number of esters is 1. The normalized spacial score (nSPS) is 12.0. The Balaban J connectivity index is 1.47. The topological polar surface area (TPSA) is 100 Å². The molecule has 4 aromatic rings. The second kappa shape index (κ2) is 10.9. The molecule has 1 atom stereocenters. The van der Waals surface area contributed by atoms with Gasteiger partial charge in [-0.2, -0.15) is 4.98 Å². The molecule has 0 aliphatic rings. The molecular formula is C27H29N3O4S. The number of imidazole rings is 1. The number of aromatic nitrogens is 3. The fourth-order valence-electron chi connectivity index (χ4n) is 3.90. The number of aromatic amines is 1. The van der Waals surface area contributed by atoms with Crippen molar-refractivity contribution >= 4 is 28.2 Å². The first-order chi connectivity index (χ1) is 16.9. The van der Waals surface area contributed by atoms with Crippen molar-refractivity contribution in [3.8, 4) is 11.5 Å². The summed E-state index contributed by atoms with van der Waals surface area (Å²) in [5.74, 6) is 0.903. The second-order valence-electron chi connectivity index (χ2n) is 8.45. The molecule has 4 rings (SSSR count). The van der Waals surface area contributed by atoms with Crippen LogP contribution in [0, 0.1) is 13.8 Å². The lowest BCUT2D eigenvalue weighted by molar-refractivity contribution is 0.0735. The van der Waals surface area contributed by atoms with Crippen molar-refractivity contribution in [3.63, 3.8) is 0 Å². The number of rotatable bonds is 9. The van der Waals surface area contributed by atoms with Crippen molar-refractivity contribution in [3.05, 3.63) is 76.6 Å². The Morgan fingerprint density at radius 2 is 1.91 bits per heavy atom. The third kappa shape index (κ3) is 5.66. The predicted octanol–water partition coefficient (Wildman–Crippen LogP) is 5.45. The minimum Gasteiger partial charge on any atom is -0.609 e. The number of hydrogen-bond donors (Lipinski definition) is 1. The van der Waals surface area contributed by atoms with Gasteiger partial charge in [0.25, 0.3) is 0 Å². The molecule has 2 heterocycles. The lowest BCUT2D eigenvalue weighted by Gasteiger charge is -2.13. The van der Waals surface area contributed by atoms with Gasteiger partial charge in [0, 0.05) is 34.6 Å². The number of nitrogens with one attached hydrogen (secondary N) is 1. The predicted molar refractivity (Wildman–Crippen MR) is 136 cm³/mol. The zero-order chi connectivity index (χ0) is 24.9. The fourth-order valence-corrected chi connectivity index (χ4v) is 5.00. The van der Waals surface area contributed by atoms with Crippen LogP contribution in [0.15, 0.2) is 53.8 Å². The first kappa shape index (κ1) is 24.8. The molecule has 1 unspecified atom stereocenters. The van der Waals surface area contributed by atoms with E-state index >= 15 is 0 Å². The average Bonchev–Trinajstić information content (AvgIpc) is 3.29. The molecule has 0 spiro atoms. The van der Waals surface area contributed by atoms with Crippen molar-refractivity contribution < 1.29 is 18.8 Å². The van der Waals surface area contributed by atoms with E-state index in [4.69, 9.17) is 9.47 Å². The summed E-state index contributed by atoms with van der Waals surface area (Å²) in [6.07, 6.45) is 4.97. The van der Waals surface area contributed by atoms with E-state index in [0.29, 0.717) is 33.2 Å². The number of unbranched alkanes of at least 4 members (excludes halogenated alkanes) is 1. The van der Waals surface area contributed by atoms with E-state index in [1.165, 1.54) is 5.56 Å². The fraction of sp³-hybridized carbons (Fsp3) is 0.296. The van der Waals surface area contributed by atoms with Crippen LogP contribution in [0.25, 0.3) is 11.0 Å². The molecule has 0 radical (unpaired) electrons. The zero-order valence-electron chi connectivity index (χ0n) is 20.4. The summed E-state index contributed by atoms with van der Waals surface area (Å²) < 4.78 is 24.0. The zero-order valence-corrected chi connectivity index (χ0v) is 21.2. The van der Waals surface area contributed by atoms with Gasteiger partial charge >= 0.3 is 11.1 Å². The first-order valence-corrected chi connectivity index (χ1v) is 12.9. The van der Waals surface area contributed by atoms with E-state index in [0.717, 1.165) is 36.1 Å². The molecule has 0 aliphatic carbocycles. The maximum atomic E-state index is 13.0. The van der Waals surface area contributed by atoms with Gasteiger partial charge in [0.1, 0.15) is 11.5 Å². The molecule has 0 saturated heterocycles. The Morgan fingerprint density at radius 1 is 1.14 bits per heavy atom. The highest BCUT2D eigenvalue weighted by Gasteiger charge is 2.21. The smallest absolute Gasteiger partial charge is 0.343 e. The molecule has 0 fully saturated rings. The average molecular weight is 492 g/mol. The molecule has 0 bridgehead atoms. The number of carbonyl (C=O) groups excluding carboxylic acids is 1. The Bertz CT molecular complexity index is 1330. The van der Waals surface area contributed by atoms with Gasteiger partial charge in [-0.1, -0.05) is 25.5 Å². The Kier molecular flexibility index (Phi) is 7.73. The quantitative estimate of drug-likeness (QED) is 0.190. The number of pyridine rings is 1. The van der Waals surface area contributed by atoms with Gasteiger partial charge in [-0.15, -0.1) is 0 Å². The standard InChI is InChI=1S/C27H29N3O4S/c1-5-6-7-19-8-10-20(11-9-19)26(31)34-21-12-13-22-23(14-21)30-27(29-22)35(32)16-24-18(3)25(33-4)17(2)15-28-24/h8-15H,5-7,16H2,1-4H3,(H,29,30). The van der Waals surface area contributed by atoms with Gasteiger partial charge in [0.2, 0.25) is 0 Å². The Labute approximate surface area is 208 Å². The summed E-state index contributed by atoms with van der Waals surface area (Å²) >= 11 is -1.44. The third-order valence-corrected chi connectivity index (χ3v) is 7.05. The van der Waals surface area contributed by atoms with Gasteiger partial charge < -0.3 is 14.0 Å². The summed E-state index contributed by atoms with van der Waals surface area (Å²) in [6, 6.07) is 12.6. The second-order valence-corrected chi connectivity index (χ2v) is 9.81. The van der Waals surface area contributed by atoms with Crippen LogP contribution in [-0.4, -0.2) is 32.6 Å². The third-order valence-electron chi connectivity index (χ3n) is 5.89. The van der Waals surface area contributed by atoms with Gasteiger partial charge in [-0.05, 0) is 56.5 Å². The highest BCUT2D eigenvalue weighted by atomic mass is 32.2. The largest absolute Gasteiger partial charge is 0.609 e. The molecule has 8 heteroatoms. The molecule has 0 aliphatic heterocycles. The molecule has 182 valence electrons. The monoisotopic (exact) mass is 491 g/mol. The van der Waals surface area contributed by atoms with E-state index in [2.05, 4.69) is 21.9 Å². The van der Waals surface area contributed by atoms with Crippen LogP contribution in [0.5, 0.6) is 11.5 Å². The van der Waals surface area contributed by atoms with Crippen LogP contribution >= 0.6 is 0 Å². The molecular weight excluding hydrogens is 462 g/mol. The molecule has 0 amide bonds. The summed E-state index contributed by atoms with van der Waals surface area (Å²) in [4.78, 5) is 24.6. The Hall–Kier alpha value is -3.36. The van der Waals surface area contributed by atoms with Crippen molar-refractivity contribution in [2.24, 2.45) is 0 Å². The van der Waals surface area contributed by atoms with E-state index in [9.17, 15) is 9.35 Å². The number of methoxy groups -OCH3 is 1. The van der Waals surface area contributed by atoms with Gasteiger partial charge in [-0.3, -0.25) is 9.97 Å². The van der Waals surface area contributed by atoms with Crippen LogP contribution in [0.3, 0.4) is 0 Å². The molecule has 1 N–H and O–H groups in total. The lowest BCUT2D eigenvalue weighted by atomic mass is 10.1. The van der Waals surface area contributed by atoms with Crippen LogP contribution < -0.4 is 9.47 Å². The van der Waals surface area contributed by atoms with E-state index in [1.807, 2.05) is 26.0 Å². The molecule has 0 saturated carbocycles. The van der Waals surface area contributed by atoms with Crippen molar-refractivity contribution in [1.29, 1.82) is 0 Å². The number of hydrogen-bond acceptors (Lipinski definition) is 6. The number of nitrogens with zero attached hydrogens (tertiary/aromatic N) is 2. The first-order valence-electron chi connectivity index (χ1n) is 11.6. The minimum absolute atomic E-state index is 0.207. The van der Waals surface area contributed by atoms with Gasteiger partial charge in [0.05, 0.1) is 29.4 Å². The van der Waals surface area contributed by atoms with E-state index in [1.54, 1.807) is 43.6 Å². The van der Waals surface area contributed by atoms with Crippen molar-refractivity contribution in [2.75, 3.05) is 7.11 Å². The summed E-state index contributed by atoms with van der Waals surface area (Å²) in [5, 5.41) is 0.340. The van der Waals surface area contributed by atoms with Crippen LogP contribution in [0.4, 0.5) is 0 Å². The number of carbonyl (C=O) groups is 1. The summed E-state index contributed by atoms with van der Waals surface area (Å²) in [5.41, 5.74) is 5.46. The number of benzene rings is 2. The van der Waals surface area contributed by atoms with Gasteiger partial charge in [0.15, 0.2) is 5.75 Å².